The van der Waals surface area contributed by atoms with Gasteiger partial charge in [0.1, 0.15) is 12.3 Å². The van der Waals surface area contributed by atoms with Crippen molar-refractivity contribution < 1.29 is 4.74 Å². The minimum atomic E-state index is 0.429. The second-order valence-electron chi connectivity index (χ2n) is 7.83. The van der Waals surface area contributed by atoms with E-state index in [4.69, 9.17) is 14.7 Å². The molecule has 5 rings (SSSR count). The van der Waals surface area contributed by atoms with Gasteiger partial charge in [0.25, 0.3) is 0 Å². The Morgan fingerprint density at radius 1 is 0.818 bits per heavy atom. The van der Waals surface area contributed by atoms with Crippen LogP contribution in [0.5, 0.6) is 5.88 Å². The van der Waals surface area contributed by atoms with Crippen molar-refractivity contribution in [2.75, 3.05) is 0 Å². The third-order valence-electron chi connectivity index (χ3n) is 5.53. The number of aromatic nitrogens is 6. The van der Waals surface area contributed by atoms with Crippen molar-refractivity contribution in [3.05, 3.63) is 84.1 Å². The maximum absolute atomic E-state index is 6.15. The largest absolute Gasteiger partial charge is 0.471 e. The molecule has 0 radical (unpaired) electrons. The number of hydrogen-bond donors (Lipinski definition) is 1. The van der Waals surface area contributed by atoms with Gasteiger partial charge in [0, 0.05) is 5.56 Å². The van der Waals surface area contributed by atoms with Crippen LogP contribution in [0.25, 0.3) is 33.5 Å². The highest BCUT2D eigenvalue weighted by molar-refractivity contribution is 5.80. The minimum absolute atomic E-state index is 0.429. The summed E-state index contributed by atoms with van der Waals surface area (Å²) in [6, 6.07) is 24.3. The molecule has 0 bridgehead atoms. The fourth-order valence-corrected chi connectivity index (χ4v) is 3.78. The first-order valence-electron chi connectivity index (χ1n) is 11.1. The molecule has 2 aromatic heterocycles. The summed E-state index contributed by atoms with van der Waals surface area (Å²) < 4.78 is 6.15. The topological polar surface area (TPSA) is 89.5 Å². The molecule has 0 spiro atoms. The van der Waals surface area contributed by atoms with E-state index in [0.717, 1.165) is 58.2 Å². The maximum Gasteiger partial charge on any atom is 0.236 e. The number of H-pyrrole nitrogens is 1. The van der Waals surface area contributed by atoms with Gasteiger partial charge in [-0.1, -0.05) is 74.0 Å². The van der Waals surface area contributed by atoms with Gasteiger partial charge >= 0.3 is 0 Å². The van der Waals surface area contributed by atoms with Gasteiger partial charge in [0.2, 0.25) is 11.7 Å². The maximum atomic E-state index is 6.15. The quantitative estimate of drug-likeness (QED) is 0.350. The number of tetrazole rings is 1. The molecule has 0 fully saturated rings. The molecule has 0 aliphatic rings. The number of rotatable bonds is 8. The number of ether oxygens (including phenoxy) is 1. The Kier molecular flexibility index (Phi) is 6.01. The zero-order valence-electron chi connectivity index (χ0n) is 18.4. The predicted octanol–water partition coefficient (Wildman–Crippen LogP) is 5.40. The average molecular weight is 437 g/mol. The van der Waals surface area contributed by atoms with E-state index >= 15 is 0 Å². The van der Waals surface area contributed by atoms with Gasteiger partial charge < -0.3 is 4.74 Å². The molecule has 0 aliphatic heterocycles. The van der Waals surface area contributed by atoms with E-state index in [0.29, 0.717) is 18.3 Å². The van der Waals surface area contributed by atoms with Gasteiger partial charge in [-0.2, -0.15) is 5.21 Å². The van der Waals surface area contributed by atoms with Crippen LogP contribution in [-0.2, 0) is 13.0 Å². The van der Waals surface area contributed by atoms with Crippen molar-refractivity contribution in [1.29, 1.82) is 0 Å². The first kappa shape index (κ1) is 20.8. The summed E-state index contributed by atoms with van der Waals surface area (Å²) in [5.41, 5.74) is 6.79. The number of benzene rings is 3. The smallest absolute Gasteiger partial charge is 0.236 e. The van der Waals surface area contributed by atoms with Crippen LogP contribution in [-0.4, -0.2) is 30.6 Å². The van der Waals surface area contributed by atoms with Crippen molar-refractivity contribution in [3.63, 3.8) is 0 Å². The van der Waals surface area contributed by atoms with Crippen molar-refractivity contribution in [2.24, 2.45) is 0 Å². The lowest BCUT2D eigenvalue weighted by Crippen LogP contribution is -2.04. The molecular weight excluding hydrogens is 412 g/mol. The summed E-state index contributed by atoms with van der Waals surface area (Å²) in [6.45, 7) is 2.60. The molecule has 5 aromatic rings. The standard InChI is InChI=1S/C26H24N6O/c1-2-3-10-24-26(28-23-12-7-6-11-22(23)27-24)33-17-18-13-15-19(16-14-18)20-8-4-5-9-21(20)25-29-31-32-30-25/h4-9,11-16H,2-3,10,17H2,1H3,(H,29,30,31,32). The van der Waals surface area contributed by atoms with Crippen LogP contribution in [0.15, 0.2) is 72.8 Å². The summed E-state index contributed by atoms with van der Waals surface area (Å²) in [5, 5.41) is 14.4. The van der Waals surface area contributed by atoms with E-state index in [1.165, 1.54) is 0 Å². The molecule has 7 heteroatoms. The zero-order chi connectivity index (χ0) is 22.5. The lowest BCUT2D eigenvalue weighted by molar-refractivity contribution is 0.289. The molecule has 0 aliphatic carbocycles. The molecule has 0 saturated heterocycles. The Bertz CT molecular complexity index is 1350. The lowest BCUT2D eigenvalue weighted by atomic mass is 9.98. The van der Waals surface area contributed by atoms with Crippen LogP contribution in [0.4, 0.5) is 0 Å². The highest BCUT2D eigenvalue weighted by atomic mass is 16.5. The van der Waals surface area contributed by atoms with Gasteiger partial charge in [-0.15, -0.1) is 10.2 Å². The zero-order valence-corrected chi connectivity index (χ0v) is 18.4. The normalized spacial score (nSPS) is 11.1. The first-order valence-corrected chi connectivity index (χ1v) is 11.1. The van der Waals surface area contributed by atoms with Crippen LogP contribution < -0.4 is 4.74 Å². The highest BCUT2D eigenvalue weighted by Crippen LogP contribution is 2.30. The Balaban J connectivity index is 1.36. The summed E-state index contributed by atoms with van der Waals surface area (Å²) >= 11 is 0. The van der Waals surface area contributed by atoms with E-state index < -0.39 is 0 Å². The molecule has 7 nitrogen and oxygen atoms in total. The molecule has 0 atom stereocenters. The molecule has 164 valence electrons. The Morgan fingerprint density at radius 3 is 2.27 bits per heavy atom. The Morgan fingerprint density at radius 2 is 1.55 bits per heavy atom. The second-order valence-corrected chi connectivity index (χ2v) is 7.83. The van der Waals surface area contributed by atoms with Gasteiger partial charge in [0.15, 0.2) is 0 Å². The van der Waals surface area contributed by atoms with E-state index in [-0.39, 0.29) is 0 Å². The predicted molar refractivity (Wildman–Crippen MR) is 128 cm³/mol. The van der Waals surface area contributed by atoms with E-state index in [2.05, 4.69) is 57.9 Å². The number of aromatic amines is 1. The molecule has 3 aromatic carbocycles. The fourth-order valence-electron chi connectivity index (χ4n) is 3.78. The second kappa shape index (κ2) is 9.56. The SMILES string of the molecule is CCCCc1nc2ccccc2nc1OCc1ccc(-c2ccccc2-c2nn[nH]n2)cc1. The molecule has 0 amide bonds. The number of hydrogen-bond acceptors (Lipinski definition) is 6. The molecular formula is C26H24N6O. The number of aryl methyl sites for hydroxylation is 1. The number of unbranched alkanes of at least 4 members (excludes halogenated alkanes) is 1. The van der Waals surface area contributed by atoms with Crippen LogP contribution in [0.2, 0.25) is 0 Å². The molecule has 0 saturated carbocycles. The van der Waals surface area contributed by atoms with E-state index in [1.54, 1.807) is 0 Å². The van der Waals surface area contributed by atoms with Gasteiger partial charge in [-0.3, -0.25) is 0 Å². The number of nitrogens with one attached hydrogen (secondary N) is 1. The highest BCUT2D eigenvalue weighted by Gasteiger charge is 2.12. The molecule has 2 heterocycles. The monoisotopic (exact) mass is 436 g/mol. The van der Waals surface area contributed by atoms with E-state index in [9.17, 15) is 0 Å². The van der Waals surface area contributed by atoms with Gasteiger partial charge in [-0.05, 0) is 46.9 Å². The molecule has 33 heavy (non-hydrogen) atoms. The summed E-state index contributed by atoms with van der Waals surface area (Å²) in [5.74, 6) is 1.20. The summed E-state index contributed by atoms with van der Waals surface area (Å²) in [6.07, 6.45) is 3.01. The average Bonchev–Trinajstić information content (AvgIpc) is 3.41. The summed E-state index contributed by atoms with van der Waals surface area (Å²) in [7, 11) is 0. The van der Waals surface area contributed by atoms with Crippen molar-refractivity contribution in [1.82, 2.24) is 30.6 Å². The third kappa shape index (κ3) is 4.57. The van der Waals surface area contributed by atoms with Crippen LogP contribution >= 0.6 is 0 Å². The number of nitrogens with zero attached hydrogens (tertiary/aromatic N) is 5. The third-order valence-corrected chi connectivity index (χ3v) is 5.53. The Labute approximate surface area is 191 Å². The first-order chi connectivity index (χ1) is 16.3. The molecule has 0 unspecified atom stereocenters. The number of para-hydroxylation sites is 2. The number of fused-ring (bicyclic) bond motifs is 1. The van der Waals surface area contributed by atoms with Crippen LogP contribution in [0, 0.1) is 0 Å². The van der Waals surface area contributed by atoms with Gasteiger partial charge in [-0.25, -0.2) is 9.97 Å². The van der Waals surface area contributed by atoms with Crippen LogP contribution in [0.3, 0.4) is 0 Å². The lowest BCUT2D eigenvalue weighted by Gasteiger charge is -2.12. The minimum Gasteiger partial charge on any atom is -0.471 e. The van der Waals surface area contributed by atoms with Crippen molar-refractivity contribution >= 4 is 11.0 Å². The summed E-state index contributed by atoms with van der Waals surface area (Å²) in [4.78, 5) is 9.55. The van der Waals surface area contributed by atoms with Crippen molar-refractivity contribution in [3.8, 4) is 28.4 Å². The van der Waals surface area contributed by atoms with Crippen LogP contribution in [0.1, 0.15) is 31.0 Å². The Hall–Kier alpha value is -4.13. The van der Waals surface area contributed by atoms with Crippen molar-refractivity contribution in [2.45, 2.75) is 32.8 Å². The molecule has 1 N–H and O–H groups in total. The van der Waals surface area contributed by atoms with E-state index in [1.807, 2.05) is 42.5 Å². The van der Waals surface area contributed by atoms with Gasteiger partial charge in [0.05, 0.1) is 11.0 Å². The fraction of sp³-hybridized carbons (Fsp3) is 0.192.